The van der Waals surface area contributed by atoms with E-state index in [1.54, 1.807) is 18.9 Å². The van der Waals surface area contributed by atoms with Crippen molar-refractivity contribution in [2.45, 2.75) is 38.5 Å². The number of likely N-dealkylation sites (tertiary alicyclic amines) is 1. The predicted molar refractivity (Wildman–Crippen MR) is 72.4 cm³/mol. The third kappa shape index (κ3) is 4.48. The van der Waals surface area contributed by atoms with E-state index in [0.717, 1.165) is 18.8 Å². The molecule has 1 rings (SSSR count). The van der Waals surface area contributed by atoms with Crippen LogP contribution in [-0.4, -0.2) is 61.2 Å². The smallest absolute Gasteiger partial charge is 0.221 e. The molecule has 1 aliphatic heterocycles. The molecule has 17 heavy (non-hydrogen) atoms. The van der Waals surface area contributed by atoms with Crippen molar-refractivity contribution in [3.8, 4) is 0 Å². The Balaban J connectivity index is 2.43. The van der Waals surface area contributed by atoms with Gasteiger partial charge in [0.2, 0.25) is 5.91 Å². The van der Waals surface area contributed by atoms with Crippen LogP contribution in [0.4, 0.5) is 0 Å². The molecule has 1 saturated heterocycles. The van der Waals surface area contributed by atoms with Gasteiger partial charge in [-0.05, 0) is 20.1 Å². The van der Waals surface area contributed by atoms with Gasteiger partial charge >= 0.3 is 0 Å². The first-order chi connectivity index (χ1) is 8.08. The van der Waals surface area contributed by atoms with Crippen LogP contribution < -0.4 is 5.32 Å². The van der Waals surface area contributed by atoms with E-state index in [4.69, 9.17) is 4.74 Å². The van der Waals surface area contributed by atoms with E-state index in [-0.39, 0.29) is 18.1 Å². The normalized spacial score (nSPS) is 25.5. The van der Waals surface area contributed by atoms with Crippen molar-refractivity contribution in [1.29, 1.82) is 0 Å². The topological polar surface area (TPSA) is 41.6 Å². The van der Waals surface area contributed by atoms with E-state index in [0.29, 0.717) is 12.5 Å². The van der Waals surface area contributed by atoms with Crippen LogP contribution in [0.15, 0.2) is 0 Å². The van der Waals surface area contributed by atoms with Gasteiger partial charge in [-0.25, -0.2) is 0 Å². The monoisotopic (exact) mass is 260 g/mol. The second-order valence-corrected chi connectivity index (χ2v) is 5.72. The lowest BCUT2D eigenvalue weighted by Crippen LogP contribution is -2.43. The summed E-state index contributed by atoms with van der Waals surface area (Å²) in [5.74, 6) is 1.02. The van der Waals surface area contributed by atoms with E-state index in [2.05, 4.69) is 24.1 Å². The average molecular weight is 260 g/mol. The predicted octanol–water partition coefficient (Wildman–Crippen LogP) is 0.963. The van der Waals surface area contributed by atoms with Gasteiger partial charge in [0.25, 0.3) is 0 Å². The van der Waals surface area contributed by atoms with Crippen LogP contribution >= 0.6 is 11.8 Å². The maximum Gasteiger partial charge on any atom is 0.221 e. The molecule has 2 atom stereocenters. The summed E-state index contributed by atoms with van der Waals surface area (Å²) >= 11 is 1.70. The van der Waals surface area contributed by atoms with Crippen LogP contribution in [-0.2, 0) is 9.53 Å². The first-order valence-electron chi connectivity index (χ1n) is 6.13. The molecule has 100 valence electrons. The van der Waals surface area contributed by atoms with E-state index < -0.39 is 0 Å². The molecule has 0 saturated carbocycles. The molecule has 0 bridgehead atoms. The van der Waals surface area contributed by atoms with Gasteiger partial charge in [-0.3, -0.25) is 9.69 Å². The second-order valence-electron chi connectivity index (χ2n) is 4.74. The number of hydrogen-bond acceptors (Lipinski definition) is 4. The van der Waals surface area contributed by atoms with Crippen molar-refractivity contribution in [3.63, 3.8) is 0 Å². The molecule has 0 aromatic heterocycles. The maximum absolute atomic E-state index is 11.7. The number of nitrogens with zero attached hydrogens (tertiary/aromatic N) is 1. The number of rotatable bonds is 6. The average Bonchev–Trinajstić information content (AvgIpc) is 2.69. The lowest BCUT2D eigenvalue weighted by molar-refractivity contribution is -0.122. The summed E-state index contributed by atoms with van der Waals surface area (Å²) in [6.45, 7) is 6.14. The first kappa shape index (κ1) is 14.8. The summed E-state index contributed by atoms with van der Waals surface area (Å²) in [5, 5.41) is 3.08. The summed E-state index contributed by atoms with van der Waals surface area (Å²) in [6.07, 6.45) is 2.73. The Bertz CT molecular complexity index is 249. The number of carbonyl (C=O) groups is 1. The lowest BCUT2D eigenvalue weighted by Gasteiger charge is -2.19. The van der Waals surface area contributed by atoms with Crippen LogP contribution in [0.25, 0.3) is 0 Å². The zero-order valence-electron chi connectivity index (χ0n) is 11.2. The zero-order valence-corrected chi connectivity index (χ0v) is 12.0. The zero-order chi connectivity index (χ0) is 12.8. The highest BCUT2D eigenvalue weighted by molar-refractivity contribution is 7.98. The molecule has 1 N–H and O–H groups in total. The summed E-state index contributed by atoms with van der Waals surface area (Å²) in [4.78, 5) is 14.0. The second kappa shape index (κ2) is 7.24. The summed E-state index contributed by atoms with van der Waals surface area (Å²) in [5.41, 5.74) is 0. The van der Waals surface area contributed by atoms with Gasteiger partial charge in [0, 0.05) is 38.4 Å². The number of hydrogen-bond donors (Lipinski definition) is 1. The van der Waals surface area contributed by atoms with Crippen molar-refractivity contribution in [1.82, 2.24) is 10.2 Å². The molecular weight excluding hydrogens is 236 g/mol. The molecule has 0 unspecified atom stereocenters. The minimum Gasteiger partial charge on any atom is -0.378 e. The molecular formula is C12H24N2O2S. The minimum atomic E-state index is 0.121. The Labute approximate surface area is 108 Å². The molecule has 1 amide bonds. The standard InChI is InChI=1S/C12H24N2O2S/c1-9(2)14-7-10(11(8-14)16-3)13-12(15)5-6-17-4/h9-11H,5-8H2,1-4H3,(H,13,15)/t10-,11-/m0/s1. The highest BCUT2D eigenvalue weighted by Crippen LogP contribution is 2.16. The number of methoxy groups -OCH3 is 1. The molecule has 1 fully saturated rings. The molecule has 0 radical (unpaired) electrons. The van der Waals surface area contributed by atoms with Crippen molar-refractivity contribution in [3.05, 3.63) is 0 Å². The molecule has 0 aliphatic carbocycles. The van der Waals surface area contributed by atoms with Gasteiger partial charge in [-0.1, -0.05) is 0 Å². The van der Waals surface area contributed by atoms with Gasteiger partial charge < -0.3 is 10.1 Å². The van der Waals surface area contributed by atoms with Crippen molar-refractivity contribution in [2.75, 3.05) is 32.2 Å². The Morgan fingerprint density at radius 2 is 2.24 bits per heavy atom. The molecule has 5 heteroatoms. The van der Waals surface area contributed by atoms with Crippen LogP contribution in [0.2, 0.25) is 0 Å². The van der Waals surface area contributed by atoms with Crippen molar-refractivity contribution >= 4 is 17.7 Å². The highest BCUT2D eigenvalue weighted by Gasteiger charge is 2.34. The summed E-state index contributed by atoms with van der Waals surface area (Å²) in [7, 11) is 1.72. The quantitative estimate of drug-likeness (QED) is 0.772. The number of ether oxygens (including phenoxy) is 1. The van der Waals surface area contributed by atoms with Gasteiger partial charge in [0.15, 0.2) is 0 Å². The molecule has 0 spiro atoms. The number of nitrogens with one attached hydrogen (secondary N) is 1. The fraction of sp³-hybridized carbons (Fsp3) is 0.917. The minimum absolute atomic E-state index is 0.121. The summed E-state index contributed by atoms with van der Waals surface area (Å²) < 4.78 is 5.45. The molecule has 0 aromatic carbocycles. The van der Waals surface area contributed by atoms with E-state index in [1.165, 1.54) is 0 Å². The SMILES string of the molecule is CO[C@H]1CN(C(C)C)C[C@@H]1NC(=O)CCSC. The van der Waals surface area contributed by atoms with Gasteiger partial charge in [-0.2, -0.15) is 11.8 Å². The fourth-order valence-corrected chi connectivity index (χ4v) is 2.47. The first-order valence-corrected chi connectivity index (χ1v) is 7.53. The Kier molecular flexibility index (Phi) is 6.30. The largest absolute Gasteiger partial charge is 0.378 e. The Morgan fingerprint density at radius 3 is 2.76 bits per heavy atom. The van der Waals surface area contributed by atoms with Crippen molar-refractivity contribution in [2.24, 2.45) is 0 Å². The van der Waals surface area contributed by atoms with Gasteiger partial charge in [0.05, 0.1) is 12.1 Å². The van der Waals surface area contributed by atoms with Gasteiger partial charge in [0.1, 0.15) is 0 Å². The number of thioether (sulfide) groups is 1. The van der Waals surface area contributed by atoms with Crippen LogP contribution in [0.5, 0.6) is 0 Å². The van der Waals surface area contributed by atoms with Crippen LogP contribution in [0.1, 0.15) is 20.3 Å². The van der Waals surface area contributed by atoms with Gasteiger partial charge in [-0.15, -0.1) is 0 Å². The summed E-state index contributed by atoms with van der Waals surface area (Å²) in [6, 6.07) is 0.637. The third-order valence-electron chi connectivity index (χ3n) is 3.21. The Morgan fingerprint density at radius 1 is 1.53 bits per heavy atom. The van der Waals surface area contributed by atoms with E-state index in [1.807, 2.05) is 6.26 Å². The molecule has 4 nitrogen and oxygen atoms in total. The van der Waals surface area contributed by atoms with Crippen LogP contribution in [0.3, 0.4) is 0 Å². The van der Waals surface area contributed by atoms with Crippen molar-refractivity contribution < 1.29 is 9.53 Å². The molecule has 1 heterocycles. The third-order valence-corrected chi connectivity index (χ3v) is 3.82. The molecule has 0 aromatic rings. The number of carbonyl (C=O) groups excluding carboxylic acids is 1. The Hall–Kier alpha value is -0.260. The highest BCUT2D eigenvalue weighted by atomic mass is 32.2. The van der Waals surface area contributed by atoms with Crippen LogP contribution in [0, 0.1) is 0 Å². The van der Waals surface area contributed by atoms with E-state index in [9.17, 15) is 4.79 Å². The van der Waals surface area contributed by atoms with E-state index >= 15 is 0 Å². The lowest BCUT2D eigenvalue weighted by atomic mass is 10.2. The molecule has 1 aliphatic rings. The number of amides is 1. The maximum atomic E-state index is 11.7. The fourth-order valence-electron chi connectivity index (χ4n) is 2.08.